The van der Waals surface area contributed by atoms with Crippen LogP contribution in [0, 0.1) is 0 Å². The lowest BCUT2D eigenvalue weighted by Gasteiger charge is -2.31. The second kappa shape index (κ2) is 6.26. The Morgan fingerprint density at radius 3 is 2.77 bits per heavy atom. The summed E-state index contributed by atoms with van der Waals surface area (Å²) in [6.07, 6.45) is 2.35. The third-order valence-electron chi connectivity index (χ3n) is 4.44. The van der Waals surface area contributed by atoms with Gasteiger partial charge in [0.15, 0.2) is 0 Å². The highest BCUT2D eigenvalue weighted by atomic mass is 16.7. The van der Waals surface area contributed by atoms with Crippen molar-refractivity contribution in [2.24, 2.45) is 0 Å². The maximum Gasteiger partial charge on any atom is 0.380 e. The predicted octanol–water partition coefficient (Wildman–Crippen LogP) is 2.51. The van der Waals surface area contributed by atoms with Crippen LogP contribution in [0.4, 0.5) is 0 Å². The number of para-hydroxylation sites is 1. The SMILES string of the molecule is CCOC(=O)C1(OCN2CCCC2)Oc2ccccc2C1C. The van der Waals surface area contributed by atoms with Crippen LogP contribution in [0.25, 0.3) is 0 Å². The molecule has 0 aliphatic carbocycles. The molecule has 1 aromatic rings. The summed E-state index contributed by atoms with van der Waals surface area (Å²) >= 11 is 0. The van der Waals surface area contributed by atoms with Crippen LogP contribution in [-0.4, -0.2) is 43.1 Å². The molecule has 0 spiro atoms. The zero-order valence-corrected chi connectivity index (χ0v) is 13.2. The second-order valence-electron chi connectivity index (χ2n) is 5.85. The molecule has 5 heteroatoms. The Hall–Kier alpha value is -1.59. The number of likely N-dealkylation sites (tertiary alicyclic amines) is 1. The van der Waals surface area contributed by atoms with Gasteiger partial charge in [-0.2, -0.15) is 0 Å². The van der Waals surface area contributed by atoms with Gasteiger partial charge in [0, 0.05) is 18.7 Å². The summed E-state index contributed by atoms with van der Waals surface area (Å²) in [5.74, 6) is -1.32. The van der Waals surface area contributed by atoms with Gasteiger partial charge in [0.25, 0.3) is 0 Å². The van der Waals surface area contributed by atoms with E-state index in [9.17, 15) is 4.79 Å². The molecule has 0 bridgehead atoms. The molecule has 0 saturated carbocycles. The van der Waals surface area contributed by atoms with Crippen molar-refractivity contribution >= 4 is 5.97 Å². The van der Waals surface area contributed by atoms with E-state index in [2.05, 4.69) is 4.90 Å². The lowest BCUT2D eigenvalue weighted by Crippen LogP contribution is -2.51. The van der Waals surface area contributed by atoms with Gasteiger partial charge >= 0.3 is 11.8 Å². The van der Waals surface area contributed by atoms with Gasteiger partial charge in [0.2, 0.25) is 0 Å². The first-order valence-corrected chi connectivity index (χ1v) is 7.99. The third kappa shape index (κ3) is 2.59. The van der Waals surface area contributed by atoms with Gasteiger partial charge in [-0.15, -0.1) is 0 Å². The molecule has 1 aromatic carbocycles. The molecule has 0 aromatic heterocycles. The molecule has 1 fully saturated rings. The second-order valence-corrected chi connectivity index (χ2v) is 5.85. The number of ether oxygens (including phenoxy) is 3. The summed E-state index contributed by atoms with van der Waals surface area (Å²) in [5, 5.41) is 0. The average molecular weight is 305 g/mol. The van der Waals surface area contributed by atoms with E-state index in [1.165, 1.54) is 12.8 Å². The zero-order valence-electron chi connectivity index (χ0n) is 13.2. The van der Waals surface area contributed by atoms with Gasteiger partial charge in [-0.1, -0.05) is 25.1 Å². The van der Waals surface area contributed by atoms with Gasteiger partial charge in [-0.05, 0) is 25.8 Å². The fourth-order valence-corrected chi connectivity index (χ4v) is 3.15. The lowest BCUT2D eigenvalue weighted by atomic mass is 9.94. The molecule has 2 aliphatic rings. The van der Waals surface area contributed by atoms with Crippen molar-refractivity contribution in [3.8, 4) is 5.75 Å². The minimum absolute atomic E-state index is 0.203. The molecule has 3 rings (SSSR count). The molecule has 2 unspecified atom stereocenters. The van der Waals surface area contributed by atoms with Crippen molar-refractivity contribution in [1.82, 2.24) is 4.90 Å². The first-order chi connectivity index (χ1) is 10.7. The fraction of sp³-hybridized carbons (Fsp3) is 0.588. The van der Waals surface area contributed by atoms with E-state index in [0.717, 1.165) is 18.7 Å². The van der Waals surface area contributed by atoms with Gasteiger partial charge in [-0.3, -0.25) is 4.90 Å². The molecule has 2 atom stereocenters. The molecule has 1 saturated heterocycles. The quantitative estimate of drug-likeness (QED) is 0.782. The Kier molecular flexibility index (Phi) is 4.36. The number of fused-ring (bicyclic) bond motifs is 1. The monoisotopic (exact) mass is 305 g/mol. The number of hydrogen-bond donors (Lipinski definition) is 0. The van der Waals surface area contributed by atoms with Crippen molar-refractivity contribution in [1.29, 1.82) is 0 Å². The number of rotatable bonds is 5. The van der Waals surface area contributed by atoms with Gasteiger partial charge in [-0.25, -0.2) is 4.79 Å². The third-order valence-corrected chi connectivity index (χ3v) is 4.44. The summed E-state index contributed by atoms with van der Waals surface area (Å²) in [6, 6.07) is 7.68. The Balaban J connectivity index is 1.83. The van der Waals surface area contributed by atoms with Crippen molar-refractivity contribution in [3.63, 3.8) is 0 Å². The van der Waals surface area contributed by atoms with Crippen LogP contribution in [0.3, 0.4) is 0 Å². The zero-order chi connectivity index (χ0) is 15.6. The van der Waals surface area contributed by atoms with Crippen molar-refractivity contribution in [3.05, 3.63) is 29.8 Å². The molecule has 2 aliphatic heterocycles. The largest absolute Gasteiger partial charge is 0.461 e. The van der Waals surface area contributed by atoms with Gasteiger partial charge in [0.1, 0.15) is 12.5 Å². The highest BCUT2D eigenvalue weighted by Gasteiger charge is 2.55. The summed E-state index contributed by atoms with van der Waals surface area (Å²) in [5.41, 5.74) is 0.983. The van der Waals surface area contributed by atoms with E-state index in [-0.39, 0.29) is 5.92 Å². The van der Waals surface area contributed by atoms with Crippen molar-refractivity contribution < 1.29 is 19.0 Å². The van der Waals surface area contributed by atoms with Crippen LogP contribution in [0.15, 0.2) is 24.3 Å². The van der Waals surface area contributed by atoms with Crippen LogP contribution in [-0.2, 0) is 14.3 Å². The molecule has 0 N–H and O–H groups in total. The van der Waals surface area contributed by atoms with E-state index in [0.29, 0.717) is 19.1 Å². The van der Waals surface area contributed by atoms with E-state index in [4.69, 9.17) is 14.2 Å². The highest BCUT2D eigenvalue weighted by molar-refractivity contribution is 5.81. The number of hydrogen-bond acceptors (Lipinski definition) is 5. The fourth-order valence-electron chi connectivity index (χ4n) is 3.15. The molecule has 22 heavy (non-hydrogen) atoms. The smallest absolute Gasteiger partial charge is 0.380 e. The minimum atomic E-state index is -1.37. The molecule has 2 heterocycles. The van der Waals surface area contributed by atoms with E-state index >= 15 is 0 Å². The Morgan fingerprint density at radius 1 is 1.36 bits per heavy atom. The number of esters is 1. The van der Waals surface area contributed by atoms with E-state index < -0.39 is 11.8 Å². The maximum absolute atomic E-state index is 12.6. The molecular formula is C17H23NO4. The molecular weight excluding hydrogens is 282 g/mol. The Labute approximate surface area is 131 Å². The Bertz CT molecular complexity index is 541. The standard InChI is InChI=1S/C17H23NO4/c1-3-20-16(19)17(21-12-18-10-6-7-11-18)13(2)14-8-4-5-9-15(14)22-17/h4-5,8-9,13H,3,6-7,10-12H2,1-2H3. The van der Waals surface area contributed by atoms with E-state index in [1.54, 1.807) is 6.92 Å². The summed E-state index contributed by atoms with van der Waals surface area (Å²) < 4.78 is 17.2. The van der Waals surface area contributed by atoms with Gasteiger partial charge in [0.05, 0.1) is 12.5 Å². The van der Waals surface area contributed by atoms with Gasteiger partial charge < -0.3 is 14.2 Å². The number of nitrogens with zero attached hydrogens (tertiary/aromatic N) is 1. The first kappa shape index (κ1) is 15.3. The summed E-state index contributed by atoms with van der Waals surface area (Å²) in [4.78, 5) is 14.8. The lowest BCUT2D eigenvalue weighted by molar-refractivity contribution is -0.227. The predicted molar refractivity (Wildman–Crippen MR) is 81.6 cm³/mol. The Morgan fingerprint density at radius 2 is 2.09 bits per heavy atom. The molecule has 0 radical (unpaired) electrons. The van der Waals surface area contributed by atoms with Crippen LogP contribution < -0.4 is 4.74 Å². The molecule has 120 valence electrons. The normalized spacial score (nSPS) is 27.5. The first-order valence-electron chi connectivity index (χ1n) is 7.99. The van der Waals surface area contributed by atoms with Crippen molar-refractivity contribution in [2.75, 3.05) is 26.4 Å². The van der Waals surface area contributed by atoms with Crippen LogP contribution >= 0.6 is 0 Å². The molecule has 0 amide bonds. The summed E-state index contributed by atoms with van der Waals surface area (Å²) in [7, 11) is 0. The average Bonchev–Trinajstić information content (AvgIpc) is 3.13. The number of carbonyl (C=O) groups excluding carboxylic acids is 1. The maximum atomic E-state index is 12.6. The number of carbonyl (C=O) groups is 1. The minimum Gasteiger partial charge on any atom is -0.461 e. The van der Waals surface area contributed by atoms with Crippen LogP contribution in [0.5, 0.6) is 5.75 Å². The molecule has 5 nitrogen and oxygen atoms in total. The topological polar surface area (TPSA) is 48.0 Å². The van der Waals surface area contributed by atoms with Crippen LogP contribution in [0.1, 0.15) is 38.2 Å². The highest BCUT2D eigenvalue weighted by Crippen LogP contribution is 2.46. The van der Waals surface area contributed by atoms with E-state index in [1.807, 2.05) is 31.2 Å². The number of benzene rings is 1. The summed E-state index contributed by atoms with van der Waals surface area (Å²) in [6.45, 7) is 6.43. The van der Waals surface area contributed by atoms with Crippen molar-refractivity contribution in [2.45, 2.75) is 38.4 Å². The van der Waals surface area contributed by atoms with Crippen LogP contribution in [0.2, 0.25) is 0 Å².